The molecule has 148 valence electrons. The highest BCUT2D eigenvalue weighted by molar-refractivity contribution is 7.98. The third kappa shape index (κ3) is 4.78. The molecule has 0 amide bonds. The van der Waals surface area contributed by atoms with Gasteiger partial charge in [-0.3, -0.25) is 4.57 Å². The number of rotatable bonds is 7. The van der Waals surface area contributed by atoms with Crippen LogP contribution in [-0.4, -0.2) is 16.2 Å². The molecule has 0 radical (unpaired) electrons. The van der Waals surface area contributed by atoms with Crippen molar-refractivity contribution in [1.29, 1.82) is 0 Å². The molecule has 0 saturated carbocycles. The number of hydrogen-bond acceptors (Lipinski definition) is 3. The fourth-order valence-corrected chi connectivity index (χ4v) is 4.34. The van der Waals surface area contributed by atoms with Crippen molar-refractivity contribution < 1.29 is 4.74 Å². The van der Waals surface area contributed by atoms with Gasteiger partial charge < -0.3 is 4.74 Å². The van der Waals surface area contributed by atoms with Crippen molar-refractivity contribution in [2.45, 2.75) is 24.4 Å². The predicted molar refractivity (Wildman–Crippen MR) is 122 cm³/mol. The van der Waals surface area contributed by atoms with Crippen molar-refractivity contribution in [3.05, 3.63) is 87.9 Å². The zero-order valence-corrected chi connectivity index (χ0v) is 18.3. The number of halogens is 2. The minimum atomic E-state index is 0.617. The first kappa shape index (κ1) is 20.3. The summed E-state index contributed by atoms with van der Waals surface area (Å²) in [5, 5.41) is 2.36. The lowest BCUT2D eigenvalue weighted by molar-refractivity contribution is 0.134. The molecule has 0 aliphatic rings. The summed E-state index contributed by atoms with van der Waals surface area (Å²) in [6.45, 7) is 3.32. The average Bonchev–Trinajstić information content (AvgIpc) is 3.09. The number of hydrogen-bond donors (Lipinski definition) is 0. The van der Waals surface area contributed by atoms with Crippen molar-refractivity contribution in [2.24, 2.45) is 0 Å². The first-order valence-electron chi connectivity index (χ1n) is 9.36. The number of nitrogens with zero attached hydrogens (tertiary/aromatic N) is 2. The largest absolute Gasteiger partial charge is 0.377 e. The Hall–Kier alpha value is -1.98. The Morgan fingerprint density at radius 2 is 1.59 bits per heavy atom. The number of benzene rings is 3. The van der Waals surface area contributed by atoms with E-state index in [9.17, 15) is 0 Å². The Bertz CT molecular complexity index is 1110. The molecule has 29 heavy (non-hydrogen) atoms. The minimum Gasteiger partial charge on any atom is -0.377 e. The Kier molecular flexibility index (Phi) is 6.46. The van der Waals surface area contributed by atoms with Crippen LogP contribution in [0.5, 0.6) is 0 Å². The van der Waals surface area contributed by atoms with Crippen LogP contribution in [0, 0.1) is 0 Å². The maximum atomic E-state index is 6.28. The molecule has 0 fully saturated rings. The molecule has 6 heteroatoms. The van der Waals surface area contributed by atoms with E-state index in [1.165, 1.54) is 5.56 Å². The van der Waals surface area contributed by atoms with E-state index in [2.05, 4.69) is 28.8 Å². The third-order valence-corrected chi connectivity index (χ3v) is 6.03. The second kappa shape index (κ2) is 9.23. The molecule has 0 unspecified atom stereocenters. The zero-order chi connectivity index (χ0) is 20.2. The Labute approximate surface area is 184 Å². The fraction of sp³-hybridized carbons (Fsp3) is 0.174. The van der Waals surface area contributed by atoms with Gasteiger partial charge in [-0.25, -0.2) is 4.98 Å². The van der Waals surface area contributed by atoms with E-state index in [4.69, 9.17) is 32.9 Å². The standard InChI is InChI=1S/C23H20Cl2N2OS/c1-2-28-14-16-5-10-20(11-6-16)27-22-13-19(25)9-12-21(22)26-23(27)29-15-17-3-7-18(24)8-4-17/h3-13H,2,14-15H2,1H3. The van der Waals surface area contributed by atoms with Gasteiger partial charge in [0.25, 0.3) is 0 Å². The summed E-state index contributed by atoms with van der Waals surface area (Å²) in [5.74, 6) is 0.802. The molecule has 3 nitrogen and oxygen atoms in total. The lowest BCUT2D eigenvalue weighted by Gasteiger charge is -2.10. The number of fused-ring (bicyclic) bond motifs is 1. The van der Waals surface area contributed by atoms with Gasteiger partial charge in [0.1, 0.15) is 0 Å². The maximum absolute atomic E-state index is 6.28. The summed E-state index contributed by atoms with van der Waals surface area (Å²) in [4.78, 5) is 4.85. The fourth-order valence-electron chi connectivity index (χ4n) is 3.06. The molecule has 0 aliphatic heterocycles. The van der Waals surface area contributed by atoms with Gasteiger partial charge in [-0.1, -0.05) is 59.2 Å². The van der Waals surface area contributed by atoms with E-state index >= 15 is 0 Å². The van der Waals surface area contributed by atoms with E-state index in [1.54, 1.807) is 11.8 Å². The highest BCUT2D eigenvalue weighted by atomic mass is 35.5. The summed E-state index contributed by atoms with van der Waals surface area (Å²) >= 11 is 14.0. The first-order valence-corrected chi connectivity index (χ1v) is 11.1. The summed E-state index contributed by atoms with van der Waals surface area (Å²) in [7, 11) is 0. The van der Waals surface area contributed by atoms with Gasteiger partial charge in [-0.2, -0.15) is 0 Å². The first-order chi connectivity index (χ1) is 14.1. The van der Waals surface area contributed by atoms with Gasteiger partial charge >= 0.3 is 0 Å². The maximum Gasteiger partial charge on any atom is 0.174 e. The molecule has 1 aromatic heterocycles. The lowest BCUT2D eigenvalue weighted by Crippen LogP contribution is -1.98. The molecule has 0 bridgehead atoms. The van der Waals surface area contributed by atoms with Crippen LogP contribution in [0.3, 0.4) is 0 Å². The van der Waals surface area contributed by atoms with Crippen molar-refractivity contribution in [3.8, 4) is 5.69 Å². The van der Waals surface area contributed by atoms with Crippen LogP contribution < -0.4 is 0 Å². The SMILES string of the molecule is CCOCc1ccc(-n2c(SCc3ccc(Cl)cc3)nc3ccc(Cl)cc32)cc1. The van der Waals surface area contributed by atoms with E-state index in [0.29, 0.717) is 18.2 Å². The van der Waals surface area contributed by atoms with Crippen LogP contribution in [0.2, 0.25) is 10.0 Å². The summed E-state index contributed by atoms with van der Waals surface area (Å²) in [5.41, 5.74) is 5.31. The highest BCUT2D eigenvalue weighted by Crippen LogP contribution is 2.31. The molecule has 4 aromatic rings. The summed E-state index contributed by atoms with van der Waals surface area (Å²) in [6.07, 6.45) is 0. The molecular weight excluding hydrogens is 423 g/mol. The highest BCUT2D eigenvalue weighted by Gasteiger charge is 2.14. The van der Waals surface area contributed by atoms with E-state index in [-0.39, 0.29) is 0 Å². The van der Waals surface area contributed by atoms with Crippen LogP contribution in [0.15, 0.2) is 71.9 Å². The zero-order valence-electron chi connectivity index (χ0n) is 15.9. The molecule has 1 heterocycles. The molecule has 0 aliphatic carbocycles. The van der Waals surface area contributed by atoms with Crippen molar-refractivity contribution in [3.63, 3.8) is 0 Å². The van der Waals surface area contributed by atoms with Crippen molar-refractivity contribution in [1.82, 2.24) is 9.55 Å². The summed E-state index contributed by atoms with van der Waals surface area (Å²) < 4.78 is 7.66. The van der Waals surface area contributed by atoms with Gasteiger partial charge in [0, 0.05) is 28.1 Å². The van der Waals surface area contributed by atoms with Gasteiger partial charge in [-0.05, 0) is 60.5 Å². The second-order valence-corrected chi connectivity index (χ2v) is 8.40. The molecule has 3 aromatic carbocycles. The van der Waals surface area contributed by atoms with Gasteiger partial charge in [0.05, 0.1) is 17.6 Å². The van der Waals surface area contributed by atoms with E-state index in [0.717, 1.165) is 38.2 Å². The molecule has 0 N–H and O–H groups in total. The van der Waals surface area contributed by atoms with Crippen molar-refractivity contribution >= 4 is 46.0 Å². The summed E-state index contributed by atoms with van der Waals surface area (Å²) in [6, 6.07) is 22.1. The minimum absolute atomic E-state index is 0.617. The quantitative estimate of drug-likeness (QED) is 0.284. The number of thioether (sulfide) groups is 1. The topological polar surface area (TPSA) is 27.1 Å². The Morgan fingerprint density at radius 3 is 2.31 bits per heavy atom. The molecular formula is C23H20Cl2N2OS. The Morgan fingerprint density at radius 1 is 0.897 bits per heavy atom. The normalized spacial score (nSPS) is 11.3. The average molecular weight is 443 g/mol. The van der Waals surface area contributed by atoms with E-state index < -0.39 is 0 Å². The van der Waals surface area contributed by atoms with Crippen LogP contribution in [0.25, 0.3) is 16.7 Å². The van der Waals surface area contributed by atoms with Crippen LogP contribution >= 0.6 is 35.0 Å². The second-order valence-electron chi connectivity index (χ2n) is 6.58. The van der Waals surface area contributed by atoms with Gasteiger partial charge in [-0.15, -0.1) is 0 Å². The third-order valence-electron chi connectivity index (χ3n) is 4.53. The predicted octanol–water partition coefficient (Wildman–Crippen LogP) is 7.16. The monoisotopic (exact) mass is 442 g/mol. The number of ether oxygens (including phenoxy) is 1. The number of imidazole rings is 1. The lowest BCUT2D eigenvalue weighted by atomic mass is 10.2. The molecule has 0 spiro atoms. The van der Waals surface area contributed by atoms with Crippen LogP contribution in [0.4, 0.5) is 0 Å². The van der Waals surface area contributed by atoms with Gasteiger partial charge in [0.2, 0.25) is 0 Å². The van der Waals surface area contributed by atoms with Crippen LogP contribution in [0.1, 0.15) is 18.1 Å². The van der Waals surface area contributed by atoms with Crippen molar-refractivity contribution in [2.75, 3.05) is 6.61 Å². The van der Waals surface area contributed by atoms with Gasteiger partial charge in [0.15, 0.2) is 5.16 Å². The molecule has 4 rings (SSSR count). The molecule has 0 saturated heterocycles. The van der Waals surface area contributed by atoms with Crippen LogP contribution in [-0.2, 0) is 17.1 Å². The number of aromatic nitrogens is 2. The van der Waals surface area contributed by atoms with E-state index in [1.807, 2.05) is 49.4 Å². The molecule has 0 atom stereocenters. The Balaban J connectivity index is 1.69. The smallest absolute Gasteiger partial charge is 0.174 e.